The zero-order chi connectivity index (χ0) is 34.8. The maximum Gasteiger partial charge on any atom is 0.462 e. The Morgan fingerprint density at radius 1 is 0.262 bits per heavy atom. The Kier molecular flexibility index (Phi) is 9.86. The second kappa shape index (κ2) is 10.3. The van der Waals surface area contributed by atoms with Crippen LogP contribution >= 0.6 is 0 Å². The molecule has 0 rings (SSSR count). The van der Waals surface area contributed by atoms with E-state index in [9.17, 15) is 110 Å². The summed E-state index contributed by atoms with van der Waals surface area (Å²) in [5.41, 5.74) is 0. The van der Waals surface area contributed by atoms with Crippen molar-refractivity contribution in [3.05, 3.63) is 0 Å². The van der Waals surface area contributed by atoms with Crippen molar-refractivity contribution >= 4 is 0 Å². The van der Waals surface area contributed by atoms with Crippen molar-refractivity contribution < 1.29 is 129 Å². The van der Waals surface area contributed by atoms with Crippen LogP contribution < -0.4 is 0 Å². The fraction of sp³-hybridized carbons (Fsp3) is 1.00. The molecule has 0 N–H and O–H groups in total. The van der Waals surface area contributed by atoms with Gasteiger partial charge in [0.2, 0.25) is 0 Å². The Morgan fingerprint density at radius 3 is 0.595 bits per heavy atom. The first-order valence-electron chi connectivity index (χ1n) is 8.61. The normalized spacial score (nSPS) is 16.7. The number of ether oxygens (including phenoxy) is 4. The number of halogens is 25. The third-order valence-electron chi connectivity index (χ3n) is 3.68. The summed E-state index contributed by atoms with van der Waals surface area (Å²) in [7, 11) is 0. The molecule has 0 aliphatic rings. The molecule has 0 amide bonds. The molecule has 0 saturated heterocycles. The van der Waals surface area contributed by atoms with Crippen molar-refractivity contribution in [2.45, 2.75) is 79.7 Å². The van der Waals surface area contributed by atoms with Gasteiger partial charge in [0.05, 0.1) is 0 Å². The number of alkyl halides is 25. The van der Waals surface area contributed by atoms with Gasteiger partial charge < -0.3 is 0 Å². The number of rotatable bonds is 14. The van der Waals surface area contributed by atoms with Crippen LogP contribution in [-0.2, 0) is 18.9 Å². The first-order chi connectivity index (χ1) is 17.6. The van der Waals surface area contributed by atoms with Crippen molar-refractivity contribution in [1.82, 2.24) is 0 Å². The van der Waals surface area contributed by atoms with Crippen molar-refractivity contribution in [2.24, 2.45) is 0 Å². The van der Waals surface area contributed by atoms with Gasteiger partial charge in [0.15, 0.2) is 0 Å². The Bertz CT molecular complexity index is 869. The molecule has 0 fully saturated rings. The van der Waals surface area contributed by atoms with E-state index < -0.39 is 79.7 Å². The maximum atomic E-state index is 13.2. The van der Waals surface area contributed by atoms with Gasteiger partial charge in [-0.25, -0.2) is 18.9 Å². The minimum absolute atomic E-state index is 1.07. The lowest BCUT2D eigenvalue weighted by Gasteiger charge is -2.37. The minimum atomic E-state index is -8.15. The lowest BCUT2D eigenvalue weighted by atomic mass is 10.2. The first kappa shape index (κ1) is 40.1. The molecule has 0 aromatic rings. The highest BCUT2D eigenvalue weighted by molar-refractivity contribution is 4.91. The minimum Gasteiger partial charge on any atom is -0.243 e. The summed E-state index contributed by atoms with van der Waals surface area (Å²) in [5, 5.41) is 0. The summed E-state index contributed by atoms with van der Waals surface area (Å²) in [6, 6.07) is 0. The highest BCUT2D eigenvalue weighted by atomic mass is 19.4. The van der Waals surface area contributed by atoms with Gasteiger partial charge in [-0.3, -0.25) is 0 Å². The topological polar surface area (TPSA) is 36.9 Å². The van der Waals surface area contributed by atoms with Gasteiger partial charge in [-0.15, -0.1) is 0 Å². The third-order valence-corrected chi connectivity index (χ3v) is 3.68. The maximum absolute atomic E-state index is 13.2. The lowest BCUT2D eigenvalue weighted by molar-refractivity contribution is -0.586. The Labute approximate surface area is 210 Å². The van der Waals surface area contributed by atoms with E-state index in [4.69, 9.17) is 0 Å². The van der Waals surface area contributed by atoms with Crippen molar-refractivity contribution in [1.29, 1.82) is 0 Å². The monoisotopic (exact) mass is 698 g/mol. The van der Waals surface area contributed by atoms with Crippen LogP contribution in [0, 0.1) is 0 Å². The smallest absolute Gasteiger partial charge is 0.243 e. The van der Waals surface area contributed by atoms with E-state index in [2.05, 4.69) is 0 Å². The molecule has 0 saturated carbocycles. The highest BCUT2D eigenvalue weighted by Gasteiger charge is 2.82. The Hall–Kier alpha value is -1.91. The molecular formula is C13H3F25O4. The molecule has 0 aliphatic heterocycles. The molecule has 29 heteroatoms. The second-order valence-electron chi connectivity index (χ2n) is 7.08. The Morgan fingerprint density at radius 2 is 0.429 bits per heavy atom. The summed E-state index contributed by atoms with van der Waals surface area (Å²) in [5.74, 6) is -21.4. The van der Waals surface area contributed by atoms with Crippen LogP contribution in [0.15, 0.2) is 0 Å². The molecular weight excluding hydrogens is 695 g/mol. The molecule has 0 aromatic heterocycles. The molecule has 0 bridgehead atoms. The highest BCUT2D eigenvalue weighted by Crippen LogP contribution is 2.55. The van der Waals surface area contributed by atoms with Crippen molar-refractivity contribution in [3.63, 3.8) is 0 Å². The average Bonchev–Trinajstić information content (AvgIpc) is 2.62. The van der Waals surface area contributed by atoms with E-state index >= 15 is 0 Å². The van der Waals surface area contributed by atoms with E-state index in [1.165, 1.54) is 4.74 Å². The predicted octanol–water partition coefficient (Wildman–Crippen LogP) is 8.28. The lowest BCUT2D eigenvalue weighted by Crippen LogP contribution is -2.63. The first-order valence-corrected chi connectivity index (χ1v) is 8.61. The molecule has 42 heavy (non-hydrogen) atoms. The van der Waals surface area contributed by atoms with E-state index in [-0.39, 0.29) is 0 Å². The largest absolute Gasteiger partial charge is 0.462 e. The third kappa shape index (κ3) is 7.24. The molecule has 0 unspecified atom stereocenters. The molecule has 0 heterocycles. The van der Waals surface area contributed by atoms with E-state index in [1.54, 1.807) is 0 Å². The quantitative estimate of drug-likeness (QED) is 0.171. The van der Waals surface area contributed by atoms with Crippen molar-refractivity contribution in [2.75, 3.05) is 0 Å². The Balaban J connectivity index is 6.26. The van der Waals surface area contributed by atoms with Crippen LogP contribution in [0.1, 0.15) is 6.92 Å². The van der Waals surface area contributed by atoms with E-state index in [0.29, 0.717) is 0 Å². The van der Waals surface area contributed by atoms with Crippen LogP contribution in [0.5, 0.6) is 0 Å². The summed E-state index contributed by atoms with van der Waals surface area (Å²) >= 11 is 0. The van der Waals surface area contributed by atoms with Crippen molar-refractivity contribution in [3.8, 4) is 0 Å². The van der Waals surface area contributed by atoms with Crippen LogP contribution in [-0.4, -0.2) is 72.8 Å². The SMILES string of the molecule is CC(F)(F)C(F)(F)C(F)(F)OC(F)(F)C(F)(F)OC(F)(F)C(F)(F)OC(F)(F)C(F)(F)OC(F)(F)C(F)(F)C(F)(F)F. The van der Waals surface area contributed by atoms with Gasteiger partial charge in [0.1, 0.15) is 0 Å². The predicted molar refractivity (Wildman–Crippen MR) is 70.5 cm³/mol. The van der Waals surface area contributed by atoms with Crippen LogP contribution in [0.2, 0.25) is 0 Å². The van der Waals surface area contributed by atoms with Gasteiger partial charge in [-0.05, 0) is 0 Å². The summed E-state index contributed by atoms with van der Waals surface area (Å²) in [4.78, 5) is 0. The van der Waals surface area contributed by atoms with Gasteiger partial charge in [0.25, 0.3) is 0 Å². The van der Waals surface area contributed by atoms with Gasteiger partial charge in [-0.2, -0.15) is 110 Å². The molecule has 0 spiro atoms. The van der Waals surface area contributed by atoms with E-state index in [1.807, 2.05) is 0 Å². The fourth-order valence-corrected chi connectivity index (χ4v) is 1.55. The fourth-order valence-electron chi connectivity index (χ4n) is 1.55. The summed E-state index contributed by atoms with van der Waals surface area (Å²) < 4.78 is 325. The summed E-state index contributed by atoms with van der Waals surface area (Å²) in [6.45, 7) is -1.21. The molecule has 4 nitrogen and oxygen atoms in total. The molecule has 0 aliphatic carbocycles. The number of hydrogen-bond acceptors (Lipinski definition) is 4. The zero-order valence-corrected chi connectivity index (χ0v) is 18.1. The molecule has 0 aromatic carbocycles. The molecule has 0 radical (unpaired) electrons. The average molecular weight is 698 g/mol. The number of hydrogen-bond donors (Lipinski definition) is 0. The standard InChI is InChI=1S/C13H3F25O4/c1-2(14,15)3(16,17)6(23,24)39-8(27,28)10(31,32)41-12(35,36)13(37,38)42-11(33,34)9(29,30)40-7(25,26)4(18,19)5(20,21)22/h1H3. The van der Waals surface area contributed by atoms with Gasteiger partial charge in [0, 0.05) is 6.92 Å². The van der Waals surface area contributed by atoms with Crippen LogP contribution in [0.3, 0.4) is 0 Å². The van der Waals surface area contributed by atoms with Gasteiger partial charge in [-0.1, -0.05) is 0 Å². The zero-order valence-electron chi connectivity index (χ0n) is 18.1. The summed E-state index contributed by atoms with van der Waals surface area (Å²) in [6.07, 6.45) is -71.6. The molecule has 0 atom stereocenters. The van der Waals surface area contributed by atoms with E-state index in [0.717, 1.165) is 14.2 Å². The second-order valence-corrected chi connectivity index (χ2v) is 7.08. The molecule has 254 valence electrons. The van der Waals surface area contributed by atoms with Gasteiger partial charge >= 0.3 is 72.8 Å². The van der Waals surface area contributed by atoms with Crippen LogP contribution in [0.4, 0.5) is 110 Å². The van der Waals surface area contributed by atoms with Crippen LogP contribution in [0.25, 0.3) is 0 Å².